The van der Waals surface area contributed by atoms with E-state index in [9.17, 15) is 18.0 Å². The maximum Gasteiger partial charge on any atom is 0.262 e. The van der Waals surface area contributed by atoms with Crippen molar-refractivity contribution in [2.75, 3.05) is 24.6 Å². The molecule has 1 fully saturated rings. The van der Waals surface area contributed by atoms with Crippen LogP contribution in [0.1, 0.15) is 16.6 Å². The van der Waals surface area contributed by atoms with Crippen molar-refractivity contribution in [1.29, 1.82) is 0 Å². The molecule has 1 atom stereocenters. The lowest BCUT2D eigenvalue weighted by Gasteiger charge is -2.29. The van der Waals surface area contributed by atoms with Gasteiger partial charge in [-0.25, -0.2) is 8.42 Å². The molecule has 0 saturated carbocycles. The monoisotopic (exact) mass is 422 g/mol. The summed E-state index contributed by atoms with van der Waals surface area (Å²) in [5.41, 5.74) is 0. The second-order valence-corrected chi connectivity index (χ2v) is 11.0. The van der Waals surface area contributed by atoms with Crippen LogP contribution in [-0.2, 0) is 14.6 Å². The molecule has 2 amide bonds. The number of rotatable bonds is 3. The number of amides is 2. The van der Waals surface area contributed by atoms with E-state index in [2.05, 4.69) is 11.4 Å². The summed E-state index contributed by atoms with van der Waals surface area (Å²) in [6.45, 7) is 2.00. The van der Waals surface area contributed by atoms with Gasteiger partial charge in [0.2, 0.25) is 5.91 Å². The van der Waals surface area contributed by atoms with Crippen LogP contribution in [0, 0.1) is 0 Å². The molecular weight excluding hydrogens is 404 g/mol. The molecule has 27 heavy (non-hydrogen) atoms. The first kappa shape index (κ1) is 18.4. The molecule has 6 nitrogen and oxygen atoms in total. The lowest BCUT2D eigenvalue weighted by Crippen LogP contribution is -2.51. The van der Waals surface area contributed by atoms with Gasteiger partial charge in [-0.3, -0.25) is 9.59 Å². The molecule has 4 rings (SSSR count). The van der Waals surface area contributed by atoms with Crippen LogP contribution in [0.5, 0.6) is 0 Å². The smallest absolute Gasteiger partial charge is 0.262 e. The minimum absolute atomic E-state index is 0.0202. The number of hydrogen-bond acceptors (Lipinski definition) is 6. The van der Waals surface area contributed by atoms with E-state index in [0.717, 1.165) is 14.8 Å². The van der Waals surface area contributed by atoms with E-state index in [1.807, 2.05) is 24.3 Å². The number of nitrogens with zero attached hydrogens (tertiary/aromatic N) is 1. The number of sulfone groups is 1. The summed E-state index contributed by atoms with van der Waals surface area (Å²) in [5, 5.41) is 3.89. The van der Waals surface area contributed by atoms with E-state index in [1.165, 1.54) is 20.9 Å². The van der Waals surface area contributed by atoms with Gasteiger partial charge in [-0.15, -0.1) is 22.7 Å². The van der Waals surface area contributed by atoms with Crippen LogP contribution in [0.25, 0.3) is 19.5 Å². The average Bonchev–Trinajstić information content (AvgIpc) is 3.19. The van der Waals surface area contributed by atoms with Gasteiger partial charge in [0.25, 0.3) is 5.91 Å². The standard InChI is InChI=1S/C18H18N2O4S3/c1-11(18(22)20-6-8-27(23,24)9-7-20)19-17(21)15-10-14-16(26-15)12-4-2-3-5-13(12)25-14/h2-5,10-11H,6-9H2,1H3,(H,19,21). The van der Waals surface area contributed by atoms with Crippen LogP contribution < -0.4 is 5.32 Å². The number of nitrogens with one attached hydrogen (secondary N) is 1. The van der Waals surface area contributed by atoms with Crippen molar-refractivity contribution in [2.45, 2.75) is 13.0 Å². The summed E-state index contributed by atoms with van der Waals surface area (Å²) < 4.78 is 26.3. The summed E-state index contributed by atoms with van der Waals surface area (Å²) >= 11 is 3.07. The first-order chi connectivity index (χ1) is 12.8. The number of thiophene rings is 2. The van der Waals surface area contributed by atoms with Crippen molar-refractivity contribution in [3.63, 3.8) is 0 Å². The third-order valence-electron chi connectivity index (χ3n) is 4.65. The highest BCUT2D eigenvalue weighted by atomic mass is 32.2. The largest absolute Gasteiger partial charge is 0.340 e. The fraction of sp³-hybridized carbons (Fsp3) is 0.333. The summed E-state index contributed by atoms with van der Waals surface area (Å²) in [5.74, 6) is -0.568. The molecule has 1 unspecified atom stereocenters. The normalized spacial score (nSPS) is 17.9. The summed E-state index contributed by atoms with van der Waals surface area (Å²) in [6.07, 6.45) is 0. The molecule has 1 N–H and O–H groups in total. The summed E-state index contributed by atoms with van der Waals surface area (Å²) in [6, 6.07) is 9.25. The van der Waals surface area contributed by atoms with Crippen LogP contribution in [0.4, 0.5) is 0 Å². The SMILES string of the molecule is CC(NC(=O)c1cc2sc3ccccc3c2s1)C(=O)N1CCS(=O)(=O)CC1. The summed E-state index contributed by atoms with van der Waals surface area (Å²) in [7, 11) is -3.05. The first-order valence-electron chi connectivity index (χ1n) is 8.55. The van der Waals surface area contributed by atoms with Crippen molar-refractivity contribution in [3.8, 4) is 0 Å². The second-order valence-electron chi connectivity index (χ2n) is 6.57. The van der Waals surface area contributed by atoms with Crippen LogP contribution in [0.2, 0.25) is 0 Å². The van der Waals surface area contributed by atoms with Crippen LogP contribution in [0.3, 0.4) is 0 Å². The Balaban J connectivity index is 1.46. The molecule has 2 aromatic heterocycles. The predicted octanol–water partition coefficient (Wildman–Crippen LogP) is 2.49. The Bertz CT molecular complexity index is 1130. The molecule has 0 radical (unpaired) electrons. The Kier molecular flexibility index (Phi) is 4.69. The Morgan fingerprint density at radius 2 is 1.81 bits per heavy atom. The quantitative estimate of drug-likeness (QED) is 0.703. The van der Waals surface area contributed by atoms with Gasteiger partial charge in [0, 0.05) is 27.9 Å². The number of fused-ring (bicyclic) bond motifs is 3. The first-order valence-corrected chi connectivity index (χ1v) is 12.0. The third-order valence-corrected chi connectivity index (χ3v) is 8.67. The lowest BCUT2D eigenvalue weighted by molar-refractivity contribution is -0.132. The van der Waals surface area contributed by atoms with Gasteiger partial charge in [0.1, 0.15) is 6.04 Å². The predicted molar refractivity (Wildman–Crippen MR) is 109 cm³/mol. The van der Waals surface area contributed by atoms with Gasteiger partial charge in [-0.2, -0.15) is 0 Å². The van der Waals surface area contributed by atoms with Crippen molar-refractivity contribution >= 4 is 63.8 Å². The molecule has 1 saturated heterocycles. The van der Waals surface area contributed by atoms with Crippen molar-refractivity contribution < 1.29 is 18.0 Å². The zero-order valence-corrected chi connectivity index (χ0v) is 17.0. The van der Waals surface area contributed by atoms with Crippen molar-refractivity contribution in [1.82, 2.24) is 10.2 Å². The molecule has 0 bridgehead atoms. The zero-order valence-electron chi connectivity index (χ0n) is 14.6. The Morgan fingerprint density at radius 3 is 2.56 bits per heavy atom. The van der Waals surface area contributed by atoms with Gasteiger partial charge in [0.05, 0.1) is 21.1 Å². The highest BCUT2D eigenvalue weighted by Gasteiger charge is 2.29. The Labute approximate surface area is 164 Å². The van der Waals surface area contributed by atoms with Gasteiger partial charge in [-0.1, -0.05) is 18.2 Å². The second kappa shape index (κ2) is 6.88. The molecule has 9 heteroatoms. The molecular formula is C18H18N2O4S3. The number of carbonyl (C=O) groups is 2. The van der Waals surface area contributed by atoms with Gasteiger partial charge >= 0.3 is 0 Å². The minimum atomic E-state index is -3.05. The van der Waals surface area contributed by atoms with Crippen LogP contribution >= 0.6 is 22.7 Å². The van der Waals surface area contributed by atoms with E-state index in [4.69, 9.17) is 0 Å². The lowest BCUT2D eigenvalue weighted by atomic mass is 10.2. The third kappa shape index (κ3) is 3.59. The maximum absolute atomic E-state index is 12.6. The van der Waals surface area contributed by atoms with Crippen molar-refractivity contribution in [3.05, 3.63) is 35.2 Å². The molecule has 3 heterocycles. The topological polar surface area (TPSA) is 83.6 Å². The van der Waals surface area contributed by atoms with E-state index >= 15 is 0 Å². The Hall–Kier alpha value is -1.97. The van der Waals surface area contributed by atoms with E-state index in [1.54, 1.807) is 18.3 Å². The van der Waals surface area contributed by atoms with Gasteiger partial charge < -0.3 is 10.2 Å². The fourth-order valence-electron chi connectivity index (χ4n) is 3.15. The highest BCUT2D eigenvalue weighted by molar-refractivity contribution is 7.91. The summed E-state index contributed by atoms with van der Waals surface area (Å²) in [4.78, 5) is 27.2. The highest BCUT2D eigenvalue weighted by Crippen LogP contribution is 2.39. The maximum atomic E-state index is 12.6. The fourth-order valence-corrected chi connectivity index (χ4v) is 6.78. The number of hydrogen-bond donors (Lipinski definition) is 1. The van der Waals surface area contributed by atoms with E-state index in [-0.39, 0.29) is 36.4 Å². The molecule has 0 aliphatic carbocycles. The number of benzene rings is 1. The van der Waals surface area contributed by atoms with Crippen LogP contribution in [0.15, 0.2) is 30.3 Å². The van der Waals surface area contributed by atoms with Crippen molar-refractivity contribution in [2.24, 2.45) is 0 Å². The molecule has 1 aliphatic heterocycles. The minimum Gasteiger partial charge on any atom is -0.340 e. The van der Waals surface area contributed by atoms with E-state index < -0.39 is 15.9 Å². The van der Waals surface area contributed by atoms with Crippen LogP contribution in [-0.4, -0.2) is 55.8 Å². The average molecular weight is 423 g/mol. The molecule has 1 aliphatic rings. The molecule has 0 spiro atoms. The van der Waals surface area contributed by atoms with Gasteiger partial charge in [-0.05, 0) is 19.1 Å². The molecule has 142 valence electrons. The zero-order chi connectivity index (χ0) is 19.2. The molecule has 1 aromatic carbocycles. The molecule has 3 aromatic rings. The number of carbonyl (C=O) groups excluding carboxylic acids is 2. The van der Waals surface area contributed by atoms with E-state index in [0.29, 0.717) is 4.88 Å². The Morgan fingerprint density at radius 1 is 1.11 bits per heavy atom. The van der Waals surface area contributed by atoms with Gasteiger partial charge in [0.15, 0.2) is 9.84 Å².